The molecule has 0 amide bonds. The summed E-state index contributed by atoms with van der Waals surface area (Å²) in [7, 11) is 0. The molecule has 0 unspecified atom stereocenters. The van der Waals surface area contributed by atoms with Gasteiger partial charge in [0, 0.05) is 35.1 Å². The first-order valence-corrected chi connectivity index (χ1v) is 16.4. The van der Waals surface area contributed by atoms with Crippen LogP contribution in [0.4, 0.5) is 5.69 Å². The highest BCUT2D eigenvalue weighted by atomic mass is 16.1. The smallest absolute Gasteiger partial charge is 0.268 e. The quantitative estimate of drug-likeness (QED) is 0.123. The van der Waals surface area contributed by atoms with Crippen molar-refractivity contribution in [3.63, 3.8) is 0 Å². The minimum Gasteiger partial charge on any atom is -0.291 e. The van der Waals surface area contributed by atoms with Crippen molar-refractivity contribution in [2.75, 3.05) is 4.90 Å². The Labute approximate surface area is 284 Å². The zero-order valence-corrected chi connectivity index (χ0v) is 26.7. The molecule has 3 aliphatic heterocycles. The van der Waals surface area contributed by atoms with E-state index in [-0.39, 0.29) is 11.1 Å². The van der Waals surface area contributed by atoms with Crippen molar-refractivity contribution >= 4 is 71.7 Å². The van der Waals surface area contributed by atoms with Gasteiger partial charge in [-0.3, -0.25) is 14.3 Å². The zero-order chi connectivity index (χ0) is 33.5. The molecule has 8 aromatic rings. The number of benzene rings is 5. The highest BCUT2D eigenvalue weighted by molar-refractivity contribution is 6.17. The Kier molecular flexibility index (Phi) is 5.85. The molecule has 0 spiro atoms. The fraction of sp³-hybridized carbons (Fsp3) is 0.0465. The normalized spacial score (nSPS) is 13.1. The molecule has 0 fully saturated rings. The minimum atomic E-state index is 0.102. The Morgan fingerprint density at radius 2 is 1.54 bits per heavy atom. The van der Waals surface area contributed by atoms with Crippen molar-refractivity contribution in [1.29, 1.82) is 5.26 Å². The molecular formula is C43H26N6O+2. The standard InChI is InChI=1S/C26H15N4.C17H11N2O/c1-28-23(15-27)18-8-6-17(7-9-18)22-14-20-11-10-19-4-2-12-29-16-30-13-3-5-21(22)26(30)24(20)25(19)29;20-14-9-12-6-5-11-3-1-7-18-10-19-8-2-4-13(14)17(19)15(12)16(11)18/h2-14H,16H2;1-9H,10H2/q2*+1. The third-order valence-electron chi connectivity index (χ3n) is 10.2. The lowest BCUT2D eigenvalue weighted by atomic mass is 9.97. The number of rotatable bonds is 0. The van der Waals surface area contributed by atoms with Crippen molar-refractivity contribution in [3.05, 3.63) is 170 Å². The summed E-state index contributed by atoms with van der Waals surface area (Å²) in [4.78, 5) is 17.9. The highest BCUT2D eigenvalue weighted by Gasteiger charge is 2.28. The predicted molar refractivity (Wildman–Crippen MR) is 196 cm³/mol. The van der Waals surface area contributed by atoms with Crippen molar-refractivity contribution in [3.8, 4) is 6.07 Å². The Bertz CT molecular complexity index is 3230. The maximum absolute atomic E-state index is 12.3. The Balaban J connectivity index is 0.000000137. The Morgan fingerprint density at radius 3 is 2.36 bits per heavy atom. The lowest BCUT2D eigenvalue weighted by Crippen LogP contribution is -2.47. The van der Waals surface area contributed by atoms with Gasteiger partial charge in [-0.1, -0.05) is 54.6 Å². The second kappa shape index (κ2) is 10.5. The molecule has 7 nitrogen and oxygen atoms in total. The topological polar surface area (TPSA) is 61.2 Å². The van der Waals surface area contributed by atoms with Crippen LogP contribution in [0.15, 0.2) is 133 Å². The van der Waals surface area contributed by atoms with Gasteiger partial charge in [0.1, 0.15) is 0 Å². The molecule has 0 radical (unpaired) electrons. The molecule has 0 aliphatic carbocycles. The van der Waals surface area contributed by atoms with Gasteiger partial charge in [0.15, 0.2) is 17.8 Å². The van der Waals surface area contributed by atoms with Crippen LogP contribution in [-0.2, 0) is 13.3 Å². The van der Waals surface area contributed by atoms with E-state index in [0.29, 0.717) is 5.22 Å². The zero-order valence-electron chi connectivity index (χ0n) is 26.7. The number of pyridine rings is 3. The molecule has 0 saturated heterocycles. The summed E-state index contributed by atoms with van der Waals surface area (Å²) in [6, 6.07) is 34.6. The van der Waals surface area contributed by atoms with Crippen LogP contribution >= 0.6 is 0 Å². The van der Waals surface area contributed by atoms with E-state index in [1.807, 2.05) is 54.7 Å². The van der Waals surface area contributed by atoms with Crippen LogP contribution in [0.1, 0.15) is 0 Å². The fourth-order valence-electron chi connectivity index (χ4n) is 8.05. The summed E-state index contributed by atoms with van der Waals surface area (Å²) in [6.45, 7) is 8.71. The fourth-order valence-corrected chi connectivity index (χ4v) is 8.05. The summed E-state index contributed by atoms with van der Waals surface area (Å²) in [5, 5.41) is 21.2. The van der Waals surface area contributed by atoms with Gasteiger partial charge in [0.2, 0.25) is 24.4 Å². The average molecular weight is 643 g/mol. The molecule has 3 aliphatic rings. The SMILES string of the molecule is O=c1cc2ccc3cccn4c3c2c2c1ccc[n+]2C4.[C-]#[N+]C(C#N)=c1ccc(=c2cc3ccc4ccc[n+]5c4c3c3c2=CC=CN3C5)cc1. The molecule has 7 heteroatoms. The van der Waals surface area contributed by atoms with Crippen LogP contribution in [0.3, 0.4) is 0 Å². The molecule has 3 aromatic heterocycles. The van der Waals surface area contributed by atoms with Crippen LogP contribution in [0.2, 0.25) is 0 Å². The van der Waals surface area contributed by atoms with E-state index in [4.69, 9.17) is 11.8 Å². The number of nitrogens with zero attached hydrogens (tertiary/aromatic N) is 6. The number of nitriles is 1. The van der Waals surface area contributed by atoms with Crippen molar-refractivity contribution < 1.29 is 9.13 Å². The van der Waals surface area contributed by atoms with E-state index in [1.54, 1.807) is 6.07 Å². The number of hydrogen-bond acceptors (Lipinski definition) is 3. The second-order valence-electron chi connectivity index (χ2n) is 12.9. The lowest BCUT2D eigenvalue weighted by molar-refractivity contribution is -0.675. The summed E-state index contributed by atoms with van der Waals surface area (Å²) < 4.78 is 6.71. The third-order valence-corrected chi connectivity index (χ3v) is 10.2. The van der Waals surface area contributed by atoms with E-state index < -0.39 is 0 Å². The molecule has 0 atom stereocenters. The third kappa shape index (κ3) is 3.92. The first kappa shape index (κ1) is 28.0. The summed E-state index contributed by atoms with van der Waals surface area (Å²) in [5.74, 6) is 0. The van der Waals surface area contributed by atoms with E-state index in [0.717, 1.165) is 40.1 Å². The molecule has 6 heterocycles. The van der Waals surface area contributed by atoms with Gasteiger partial charge in [-0.25, -0.2) is 10.1 Å². The number of allylic oxidation sites excluding steroid dienone is 1. The van der Waals surface area contributed by atoms with E-state index in [2.05, 4.69) is 103 Å². The van der Waals surface area contributed by atoms with Crippen LogP contribution in [0.25, 0.3) is 70.9 Å². The van der Waals surface area contributed by atoms with Crippen molar-refractivity contribution in [2.45, 2.75) is 13.3 Å². The van der Waals surface area contributed by atoms with E-state index >= 15 is 0 Å². The van der Waals surface area contributed by atoms with Crippen molar-refractivity contribution in [2.24, 2.45) is 0 Å². The first-order chi connectivity index (χ1) is 24.6. The highest BCUT2D eigenvalue weighted by Crippen LogP contribution is 2.34. The molecule has 50 heavy (non-hydrogen) atoms. The van der Waals surface area contributed by atoms with Gasteiger partial charge in [0.25, 0.3) is 5.70 Å². The molecule has 0 saturated carbocycles. The van der Waals surface area contributed by atoms with Gasteiger partial charge in [-0.15, -0.1) is 0 Å². The maximum Gasteiger partial charge on any atom is 0.268 e. The molecule has 0 bridgehead atoms. The minimum absolute atomic E-state index is 0.102. The van der Waals surface area contributed by atoms with Gasteiger partial charge >= 0.3 is 0 Å². The van der Waals surface area contributed by atoms with Crippen LogP contribution in [0, 0.1) is 28.3 Å². The number of anilines is 1. The molecule has 232 valence electrons. The van der Waals surface area contributed by atoms with Gasteiger partial charge in [0.05, 0.1) is 40.0 Å². The monoisotopic (exact) mass is 642 g/mol. The Hall–Kier alpha value is -7.09. The second-order valence-corrected chi connectivity index (χ2v) is 12.9. The van der Waals surface area contributed by atoms with Gasteiger partial charge < -0.3 is 0 Å². The van der Waals surface area contributed by atoms with Crippen molar-refractivity contribution in [1.82, 2.24) is 4.57 Å². The maximum atomic E-state index is 12.3. The molecular weight excluding hydrogens is 617 g/mol. The van der Waals surface area contributed by atoms with Crippen LogP contribution in [0.5, 0.6) is 0 Å². The Morgan fingerprint density at radius 1 is 0.800 bits per heavy atom. The summed E-state index contributed by atoms with van der Waals surface area (Å²) >= 11 is 0. The van der Waals surface area contributed by atoms with Crippen LogP contribution < -0.4 is 29.9 Å². The lowest BCUT2D eigenvalue weighted by Gasteiger charge is -2.26. The largest absolute Gasteiger partial charge is 0.291 e. The molecule has 0 N–H and O–H groups in total. The number of aromatic nitrogens is 3. The van der Waals surface area contributed by atoms with E-state index in [1.165, 1.54) is 48.9 Å². The molecule has 11 rings (SSSR count). The summed E-state index contributed by atoms with van der Waals surface area (Å²) in [6.07, 6.45) is 12.7. The van der Waals surface area contributed by atoms with Gasteiger partial charge in [-0.05, 0) is 74.3 Å². The van der Waals surface area contributed by atoms with E-state index in [9.17, 15) is 4.79 Å². The first-order valence-electron chi connectivity index (χ1n) is 16.4. The molecule has 5 aromatic carbocycles. The van der Waals surface area contributed by atoms with Gasteiger partial charge in [-0.2, -0.15) is 9.13 Å². The average Bonchev–Trinajstić information content (AvgIpc) is 3.16. The number of hydrogen-bond donors (Lipinski definition) is 0. The predicted octanol–water partition coefficient (Wildman–Crippen LogP) is 5.62. The summed E-state index contributed by atoms with van der Waals surface area (Å²) in [5.41, 5.74) is 5.03. The van der Waals surface area contributed by atoms with Crippen LogP contribution in [-0.4, -0.2) is 4.57 Å².